The molecule has 18 heavy (non-hydrogen) atoms. The third kappa shape index (κ3) is 4.35. The molecule has 2 N–H and O–H groups in total. The summed E-state index contributed by atoms with van der Waals surface area (Å²) in [6.07, 6.45) is 0.878. The second-order valence-electron chi connectivity index (χ2n) is 5.05. The molecule has 0 aliphatic heterocycles. The van der Waals surface area contributed by atoms with E-state index in [2.05, 4.69) is 5.32 Å². The summed E-state index contributed by atoms with van der Waals surface area (Å²) in [5.41, 5.74) is -0.284. The zero-order valence-electron chi connectivity index (χ0n) is 11.1. The number of nitrogens with one attached hydrogen (secondary N) is 1. The summed E-state index contributed by atoms with van der Waals surface area (Å²) in [5.74, 6) is -1.00. The van der Waals surface area contributed by atoms with Gasteiger partial charge in [-0.05, 0) is 30.5 Å². The monoisotopic (exact) mass is 257 g/mol. The summed E-state index contributed by atoms with van der Waals surface area (Å²) in [7, 11) is 0. The highest BCUT2D eigenvalue weighted by molar-refractivity contribution is 5.17. The predicted molar refractivity (Wildman–Crippen MR) is 68.1 cm³/mol. The maximum atomic E-state index is 13.0. The van der Waals surface area contributed by atoms with Gasteiger partial charge in [-0.25, -0.2) is 8.78 Å². The van der Waals surface area contributed by atoms with E-state index in [0.717, 1.165) is 12.5 Å². The fourth-order valence-corrected chi connectivity index (χ4v) is 1.79. The summed E-state index contributed by atoms with van der Waals surface area (Å²) < 4.78 is 25.9. The maximum absolute atomic E-state index is 13.0. The van der Waals surface area contributed by atoms with E-state index < -0.39 is 17.2 Å². The van der Waals surface area contributed by atoms with E-state index in [-0.39, 0.29) is 5.92 Å². The van der Waals surface area contributed by atoms with Crippen LogP contribution in [0.4, 0.5) is 8.78 Å². The Morgan fingerprint density at radius 2 is 1.83 bits per heavy atom. The van der Waals surface area contributed by atoms with Gasteiger partial charge >= 0.3 is 0 Å². The van der Waals surface area contributed by atoms with Crippen LogP contribution in [0, 0.1) is 17.6 Å². The molecule has 0 radical (unpaired) electrons. The normalized spacial score (nSPS) is 16.3. The first-order valence-electron chi connectivity index (χ1n) is 6.23. The van der Waals surface area contributed by atoms with Gasteiger partial charge in [0.1, 0.15) is 11.6 Å². The Morgan fingerprint density at radius 1 is 1.28 bits per heavy atom. The molecular weight excluding hydrogens is 236 g/mol. The molecule has 0 aliphatic carbocycles. The molecule has 102 valence electrons. The quantitative estimate of drug-likeness (QED) is 0.821. The minimum Gasteiger partial charge on any atom is -0.389 e. The van der Waals surface area contributed by atoms with Crippen LogP contribution in [-0.4, -0.2) is 17.3 Å². The summed E-state index contributed by atoms with van der Waals surface area (Å²) in [6, 6.07) is 3.42. The van der Waals surface area contributed by atoms with Crippen molar-refractivity contribution in [3.8, 4) is 0 Å². The van der Waals surface area contributed by atoms with Crippen molar-refractivity contribution < 1.29 is 13.9 Å². The first kappa shape index (κ1) is 15.1. The first-order chi connectivity index (χ1) is 8.35. The molecular formula is C14H21F2NO. The summed E-state index contributed by atoms with van der Waals surface area (Å²) in [4.78, 5) is 0. The zero-order chi connectivity index (χ0) is 13.8. The highest BCUT2D eigenvalue weighted by Gasteiger charge is 2.26. The lowest BCUT2D eigenvalue weighted by Gasteiger charge is -2.30. The third-order valence-electron chi connectivity index (χ3n) is 3.41. The van der Waals surface area contributed by atoms with E-state index in [1.54, 1.807) is 6.92 Å². The molecule has 0 aliphatic rings. The molecule has 1 aromatic rings. The van der Waals surface area contributed by atoms with Crippen LogP contribution in [0.15, 0.2) is 18.2 Å². The molecule has 2 nitrogen and oxygen atoms in total. The number of benzene rings is 1. The Bertz CT molecular complexity index is 373. The maximum Gasteiger partial charge on any atom is 0.126 e. The highest BCUT2D eigenvalue weighted by Crippen LogP contribution is 2.19. The molecule has 0 bridgehead atoms. The molecule has 4 heteroatoms. The van der Waals surface area contributed by atoms with E-state index in [9.17, 15) is 13.9 Å². The fourth-order valence-electron chi connectivity index (χ4n) is 1.79. The zero-order valence-corrected chi connectivity index (χ0v) is 11.1. The lowest BCUT2D eigenvalue weighted by Crippen LogP contribution is -2.42. The number of hydrogen-bond donors (Lipinski definition) is 2. The molecule has 0 saturated heterocycles. The Balaban J connectivity index is 2.51. The van der Waals surface area contributed by atoms with Gasteiger partial charge in [-0.3, -0.25) is 0 Å². The van der Waals surface area contributed by atoms with E-state index in [0.29, 0.717) is 18.7 Å². The Morgan fingerprint density at radius 3 is 2.33 bits per heavy atom. The molecule has 1 rings (SSSR count). The van der Waals surface area contributed by atoms with Crippen molar-refractivity contribution in [3.05, 3.63) is 35.4 Å². The largest absolute Gasteiger partial charge is 0.389 e. The van der Waals surface area contributed by atoms with E-state index in [1.165, 1.54) is 12.1 Å². The van der Waals surface area contributed by atoms with E-state index in [4.69, 9.17) is 0 Å². The molecule has 2 unspecified atom stereocenters. The summed E-state index contributed by atoms with van der Waals surface area (Å²) in [5, 5.41) is 13.2. The number of halogens is 2. The standard InChI is InChI=1S/C14H21F2NO/c1-4-10(2)14(3,18)9-17-8-11-5-12(15)7-13(16)6-11/h5-7,10,17-18H,4,8-9H2,1-3H3. The van der Waals surface area contributed by atoms with E-state index >= 15 is 0 Å². The molecule has 0 saturated carbocycles. The molecule has 0 amide bonds. The van der Waals surface area contributed by atoms with Gasteiger partial charge in [0, 0.05) is 19.2 Å². The summed E-state index contributed by atoms with van der Waals surface area (Å²) in [6.45, 7) is 6.48. The van der Waals surface area contributed by atoms with Gasteiger partial charge in [0.05, 0.1) is 5.60 Å². The van der Waals surface area contributed by atoms with Gasteiger partial charge in [-0.1, -0.05) is 20.3 Å². The molecule has 0 aromatic heterocycles. The van der Waals surface area contributed by atoms with Crippen LogP contribution >= 0.6 is 0 Å². The number of aliphatic hydroxyl groups is 1. The van der Waals surface area contributed by atoms with Crippen molar-refractivity contribution >= 4 is 0 Å². The second-order valence-corrected chi connectivity index (χ2v) is 5.05. The minimum absolute atomic E-state index is 0.161. The van der Waals surface area contributed by atoms with Crippen LogP contribution in [0.5, 0.6) is 0 Å². The van der Waals surface area contributed by atoms with Gasteiger partial charge in [-0.15, -0.1) is 0 Å². The van der Waals surface area contributed by atoms with E-state index in [1.807, 2.05) is 13.8 Å². The van der Waals surface area contributed by atoms with Crippen molar-refractivity contribution in [1.82, 2.24) is 5.32 Å². The number of rotatable bonds is 6. The van der Waals surface area contributed by atoms with Gasteiger partial charge in [0.25, 0.3) is 0 Å². The van der Waals surface area contributed by atoms with Crippen molar-refractivity contribution in [1.29, 1.82) is 0 Å². The van der Waals surface area contributed by atoms with Crippen molar-refractivity contribution in [2.75, 3.05) is 6.54 Å². The average molecular weight is 257 g/mol. The molecule has 0 fully saturated rings. The van der Waals surface area contributed by atoms with Crippen molar-refractivity contribution in [2.45, 2.75) is 39.3 Å². The third-order valence-corrected chi connectivity index (χ3v) is 3.41. The highest BCUT2D eigenvalue weighted by atomic mass is 19.1. The van der Waals surface area contributed by atoms with Gasteiger partial charge in [-0.2, -0.15) is 0 Å². The van der Waals surface area contributed by atoms with Crippen LogP contribution in [0.25, 0.3) is 0 Å². The average Bonchev–Trinajstić information content (AvgIpc) is 2.26. The van der Waals surface area contributed by atoms with Crippen molar-refractivity contribution in [3.63, 3.8) is 0 Å². The molecule has 0 spiro atoms. The molecule has 0 heterocycles. The topological polar surface area (TPSA) is 32.3 Å². The molecule has 1 aromatic carbocycles. The van der Waals surface area contributed by atoms with Crippen LogP contribution in [0.1, 0.15) is 32.8 Å². The smallest absolute Gasteiger partial charge is 0.126 e. The lowest BCUT2D eigenvalue weighted by molar-refractivity contribution is 0.00534. The Hall–Kier alpha value is -1.00. The number of hydrogen-bond acceptors (Lipinski definition) is 2. The van der Waals surface area contributed by atoms with Gasteiger partial charge < -0.3 is 10.4 Å². The van der Waals surface area contributed by atoms with Crippen molar-refractivity contribution in [2.24, 2.45) is 5.92 Å². The Kier molecular flexibility index (Phi) is 5.23. The summed E-state index contributed by atoms with van der Waals surface area (Å²) >= 11 is 0. The Labute approximate surface area is 107 Å². The SMILES string of the molecule is CCC(C)C(C)(O)CNCc1cc(F)cc(F)c1. The van der Waals surface area contributed by atoms with Gasteiger partial charge in [0.2, 0.25) is 0 Å². The van der Waals surface area contributed by atoms with Crippen LogP contribution in [-0.2, 0) is 6.54 Å². The predicted octanol–water partition coefficient (Wildman–Crippen LogP) is 2.85. The fraction of sp³-hybridized carbons (Fsp3) is 0.571. The van der Waals surface area contributed by atoms with Crippen LogP contribution in [0.2, 0.25) is 0 Å². The second kappa shape index (κ2) is 6.25. The van der Waals surface area contributed by atoms with Gasteiger partial charge in [0.15, 0.2) is 0 Å². The van der Waals surface area contributed by atoms with Crippen LogP contribution in [0.3, 0.4) is 0 Å². The minimum atomic E-state index is -0.819. The lowest BCUT2D eigenvalue weighted by atomic mass is 9.88. The van der Waals surface area contributed by atoms with Crippen LogP contribution < -0.4 is 5.32 Å². The first-order valence-corrected chi connectivity index (χ1v) is 6.23. The molecule has 2 atom stereocenters.